The van der Waals surface area contributed by atoms with Crippen molar-refractivity contribution in [1.82, 2.24) is 9.97 Å². The fourth-order valence-electron chi connectivity index (χ4n) is 3.63. The number of benzene rings is 3. The lowest BCUT2D eigenvalue weighted by Gasteiger charge is -2.23. The van der Waals surface area contributed by atoms with Gasteiger partial charge in [0.15, 0.2) is 0 Å². The van der Waals surface area contributed by atoms with Crippen LogP contribution in [-0.2, 0) is 6.54 Å². The highest BCUT2D eigenvalue weighted by Crippen LogP contribution is 2.32. The van der Waals surface area contributed by atoms with Gasteiger partial charge in [-0.05, 0) is 72.6 Å². The molecule has 0 saturated heterocycles. The molecule has 0 fully saturated rings. The van der Waals surface area contributed by atoms with Gasteiger partial charge in [0.1, 0.15) is 5.01 Å². The Kier molecular flexibility index (Phi) is 5.48. The van der Waals surface area contributed by atoms with Crippen LogP contribution in [-0.4, -0.2) is 15.9 Å². The number of fused-ring (bicyclic) bond motifs is 1. The molecule has 0 bridgehead atoms. The number of hydrogen-bond donors (Lipinski definition) is 0. The number of nitrogens with zero attached hydrogens (tertiary/aromatic N) is 3. The van der Waals surface area contributed by atoms with E-state index in [0.29, 0.717) is 12.1 Å². The van der Waals surface area contributed by atoms with Crippen LogP contribution in [0.15, 0.2) is 97.3 Å². The quantitative estimate of drug-likeness (QED) is 0.316. The van der Waals surface area contributed by atoms with Crippen molar-refractivity contribution in [3.8, 4) is 10.6 Å². The molecule has 0 atom stereocenters. The van der Waals surface area contributed by atoms with Gasteiger partial charge in [0.2, 0.25) is 0 Å². The van der Waals surface area contributed by atoms with Crippen molar-refractivity contribution in [3.05, 3.63) is 114 Å². The number of aryl methyl sites for hydroxylation is 1. The van der Waals surface area contributed by atoms with Gasteiger partial charge in [-0.15, -0.1) is 11.3 Å². The summed E-state index contributed by atoms with van der Waals surface area (Å²) in [6.45, 7) is 2.54. The molecule has 0 radical (unpaired) electrons. The zero-order valence-corrected chi connectivity index (χ0v) is 18.4. The number of pyridine rings is 1. The third kappa shape index (κ3) is 4.15. The summed E-state index contributed by atoms with van der Waals surface area (Å²) in [5.74, 6) is -0.0438. The van der Waals surface area contributed by atoms with E-state index in [1.165, 1.54) is 10.3 Å². The Morgan fingerprint density at radius 2 is 1.75 bits per heavy atom. The van der Waals surface area contributed by atoms with Crippen molar-refractivity contribution < 1.29 is 4.79 Å². The summed E-state index contributed by atoms with van der Waals surface area (Å²) in [5, 5.41) is 0.977. The first-order valence-electron chi connectivity index (χ1n) is 10.4. The largest absolute Gasteiger partial charge is 0.304 e. The minimum Gasteiger partial charge on any atom is -0.304 e. The molecule has 0 saturated carbocycles. The fourth-order valence-corrected chi connectivity index (χ4v) is 4.70. The molecule has 0 unspecified atom stereocenters. The summed E-state index contributed by atoms with van der Waals surface area (Å²) in [5.41, 5.74) is 5.75. The van der Waals surface area contributed by atoms with Crippen molar-refractivity contribution in [1.29, 1.82) is 0 Å². The average molecular weight is 436 g/mol. The molecule has 156 valence electrons. The van der Waals surface area contributed by atoms with Crippen LogP contribution in [0.3, 0.4) is 0 Å². The molecule has 0 aliphatic heterocycles. The highest BCUT2D eigenvalue weighted by atomic mass is 32.1. The van der Waals surface area contributed by atoms with Crippen LogP contribution in [0.25, 0.3) is 20.8 Å². The molecule has 0 aliphatic carbocycles. The highest BCUT2D eigenvalue weighted by Gasteiger charge is 2.18. The van der Waals surface area contributed by atoms with E-state index in [1.807, 2.05) is 66.7 Å². The monoisotopic (exact) mass is 435 g/mol. The van der Waals surface area contributed by atoms with E-state index in [4.69, 9.17) is 4.98 Å². The zero-order chi connectivity index (χ0) is 21.9. The second-order valence-electron chi connectivity index (χ2n) is 7.66. The SMILES string of the molecule is Cc1ccc2nc(-c3ccc(N(Cc4cccnc4)C(=O)c4ccccc4)cc3)sc2c1. The van der Waals surface area contributed by atoms with Gasteiger partial charge in [0.05, 0.1) is 16.8 Å². The van der Waals surface area contributed by atoms with Gasteiger partial charge in [-0.2, -0.15) is 0 Å². The number of hydrogen-bond acceptors (Lipinski definition) is 4. The number of aromatic nitrogens is 2. The van der Waals surface area contributed by atoms with E-state index in [1.54, 1.807) is 28.6 Å². The Balaban J connectivity index is 1.48. The third-order valence-corrected chi connectivity index (χ3v) is 6.37. The van der Waals surface area contributed by atoms with E-state index >= 15 is 0 Å². The summed E-state index contributed by atoms with van der Waals surface area (Å²) >= 11 is 1.68. The van der Waals surface area contributed by atoms with Crippen LogP contribution in [0.5, 0.6) is 0 Å². The Hall–Kier alpha value is -3.83. The van der Waals surface area contributed by atoms with E-state index in [9.17, 15) is 4.79 Å². The van der Waals surface area contributed by atoms with E-state index < -0.39 is 0 Å². The van der Waals surface area contributed by atoms with Gasteiger partial charge in [-0.25, -0.2) is 4.98 Å². The number of carbonyl (C=O) groups is 1. The maximum Gasteiger partial charge on any atom is 0.258 e. The van der Waals surface area contributed by atoms with Crippen molar-refractivity contribution in [2.75, 3.05) is 4.90 Å². The number of carbonyl (C=O) groups excluding carboxylic acids is 1. The van der Waals surface area contributed by atoms with E-state index in [-0.39, 0.29) is 5.91 Å². The second-order valence-corrected chi connectivity index (χ2v) is 8.69. The number of anilines is 1. The molecule has 2 heterocycles. The number of thiazole rings is 1. The normalized spacial score (nSPS) is 10.9. The smallest absolute Gasteiger partial charge is 0.258 e. The van der Waals surface area contributed by atoms with Gasteiger partial charge < -0.3 is 4.90 Å². The summed E-state index contributed by atoms with van der Waals surface area (Å²) < 4.78 is 1.18. The van der Waals surface area contributed by atoms with Gasteiger partial charge in [-0.3, -0.25) is 9.78 Å². The molecule has 5 heteroatoms. The highest BCUT2D eigenvalue weighted by molar-refractivity contribution is 7.21. The molecule has 1 amide bonds. The molecular weight excluding hydrogens is 414 g/mol. The first-order valence-corrected chi connectivity index (χ1v) is 11.2. The molecule has 32 heavy (non-hydrogen) atoms. The molecule has 5 aromatic rings. The molecule has 0 N–H and O–H groups in total. The molecule has 2 aromatic heterocycles. The standard InChI is InChI=1S/C27H21N3OS/c1-19-9-14-24-25(16-19)32-26(29-24)21-10-12-23(13-11-21)30(18-20-6-5-15-28-17-20)27(31)22-7-3-2-4-8-22/h2-17H,18H2,1H3. The molecule has 0 aliphatic rings. The van der Waals surface area contributed by atoms with Crippen LogP contribution in [0.1, 0.15) is 21.5 Å². The Morgan fingerprint density at radius 1 is 0.938 bits per heavy atom. The van der Waals surface area contributed by atoms with Crippen molar-refractivity contribution in [2.45, 2.75) is 13.5 Å². The maximum absolute atomic E-state index is 13.3. The number of rotatable bonds is 5. The summed E-state index contributed by atoms with van der Waals surface area (Å²) in [6.07, 6.45) is 3.53. The maximum atomic E-state index is 13.3. The minimum absolute atomic E-state index is 0.0438. The predicted molar refractivity (Wildman–Crippen MR) is 131 cm³/mol. The molecule has 4 nitrogen and oxygen atoms in total. The Morgan fingerprint density at radius 3 is 2.50 bits per heavy atom. The van der Waals surface area contributed by atoms with Crippen LogP contribution in [0.4, 0.5) is 5.69 Å². The van der Waals surface area contributed by atoms with Crippen molar-refractivity contribution >= 4 is 33.1 Å². The van der Waals surface area contributed by atoms with Crippen LogP contribution in [0.2, 0.25) is 0 Å². The Labute approximate surface area is 190 Å². The fraction of sp³-hybridized carbons (Fsp3) is 0.0741. The summed E-state index contributed by atoms with van der Waals surface area (Å²) in [6, 6.07) is 27.6. The van der Waals surface area contributed by atoms with Crippen LogP contribution in [0, 0.1) is 6.92 Å². The number of amides is 1. The summed E-state index contributed by atoms with van der Waals surface area (Å²) in [4.78, 5) is 24.1. The lowest BCUT2D eigenvalue weighted by molar-refractivity contribution is 0.0985. The topological polar surface area (TPSA) is 46.1 Å². The average Bonchev–Trinajstić information content (AvgIpc) is 3.27. The van der Waals surface area contributed by atoms with E-state index in [2.05, 4.69) is 30.1 Å². The van der Waals surface area contributed by atoms with Gasteiger partial charge in [0, 0.05) is 29.2 Å². The van der Waals surface area contributed by atoms with Gasteiger partial charge in [0.25, 0.3) is 5.91 Å². The summed E-state index contributed by atoms with van der Waals surface area (Å²) in [7, 11) is 0. The Bertz CT molecular complexity index is 1360. The third-order valence-electron chi connectivity index (χ3n) is 5.30. The van der Waals surface area contributed by atoms with Crippen LogP contribution >= 0.6 is 11.3 Å². The molecular formula is C27H21N3OS. The molecule has 3 aromatic carbocycles. The van der Waals surface area contributed by atoms with Crippen LogP contribution < -0.4 is 4.90 Å². The lowest BCUT2D eigenvalue weighted by Crippen LogP contribution is -2.30. The van der Waals surface area contributed by atoms with Crippen molar-refractivity contribution in [2.24, 2.45) is 0 Å². The predicted octanol–water partition coefficient (Wildman–Crippen LogP) is 6.51. The first-order chi connectivity index (χ1) is 15.7. The zero-order valence-electron chi connectivity index (χ0n) is 17.6. The lowest BCUT2D eigenvalue weighted by atomic mass is 10.1. The van der Waals surface area contributed by atoms with Gasteiger partial charge >= 0.3 is 0 Å². The minimum atomic E-state index is -0.0438. The first kappa shape index (κ1) is 20.1. The molecule has 5 rings (SSSR count). The van der Waals surface area contributed by atoms with E-state index in [0.717, 1.165) is 27.3 Å². The molecule has 0 spiro atoms. The second kappa shape index (κ2) is 8.73. The van der Waals surface area contributed by atoms with Gasteiger partial charge in [-0.1, -0.05) is 30.3 Å². The van der Waals surface area contributed by atoms with Crippen molar-refractivity contribution in [3.63, 3.8) is 0 Å².